The van der Waals surface area contributed by atoms with E-state index in [0.29, 0.717) is 6.61 Å². The van der Waals surface area contributed by atoms with E-state index >= 15 is 0 Å². The lowest BCUT2D eigenvalue weighted by molar-refractivity contribution is -0.0164. The van der Waals surface area contributed by atoms with E-state index in [4.69, 9.17) is 13.6 Å². The molecule has 3 atom stereocenters. The Hall–Kier alpha value is 0.0138. The highest BCUT2D eigenvalue weighted by Crippen LogP contribution is 2.43. The van der Waals surface area contributed by atoms with Crippen LogP contribution in [0.4, 0.5) is 0 Å². The van der Waals surface area contributed by atoms with Gasteiger partial charge in [-0.3, -0.25) is 0 Å². The van der Waals surface area contributed by atoms with E-state index in [1.54, 1.807) is 0 Å². The van der Waals surface area contributed by atoms with Crippen LogP contribution in [0.5, 0.6) is 0 Å². The third-order valence-electron chi connectivity index (χ3n) is 7.11. The van der Waals surface area contributed by atoms with E-state index in [1.165, 1.54) is 5.56 Å². The largest absolute Gasteiger partial charge is 0.414 e. The van der Waals surface area contributed by atoms with Crippen molar-refractivity contribution in [3.63, 3.8) is 0 Å². The molecular formula is C23H41BrO3Si2. The molecule has 0 radical (unpaired) electrons. The van der Waals surface area contributed by atoms with Crippen LogP contribution in [0.15, 0.2) is 28.7 Å². The minimum Gasteiger partial charge on any atom is -0.414 e. The van der Waals surface area contributed by atoms with Gasteiger partial charge in [0.15, 0.2) is 16.6 Å². The Morgan fingerprint density at radius 2 is 1.45 bits per heavy atom. The third-order valence-corrected chi connectivity index (χ3v) is 16.6. The van der Waals surface area contributed by atoms with E-state index in [-0.39, 0.29) is 28.4 Å². The van der Waals surface area contributed by atoms with Crippen LogP contribution < -0.4 is 0 Å². The Morgan fingerprint density at radius 3 is 1.93 bits per heavy atom. The standard InChI is InChI=1S/C23H41BrO3Si2/c1-22(2,3)28(7,8)25-16-21-20(27-29(9,10)23(4,5)6)15-19(26-21)17-11-13-18(24)14-12-17/h11-14,19-21H,15-16H2,1-10H3/t19-,20-,21-/m1/s1. The summed E-state index contributed by atoms with van der Waals surface area (Å²) in [5.41, 5.74) is 1.21. The molecule has 1 saturated heterocycles. The van der Waals surface area contributed by atoms with Crippen molar-refractivity contribution in [2.75, 3.05) is 6.61 Å². The van der Waals surface area contributed by atoms with Crippen molar-refractivity contribution < 1.29 is 13.6 Å². The van der Waals surface area contributed by atoms with Crippen LogP contribution in [0.1, 0.15) is 59.6 Å². The molecule has 0 saturated carbocycles. The lowest BCUT2D eigenvalue weighted by atomic mass is 10.1. The molecule has 29 heavy (non-hydrogen) atoms. The van der Waals surface area contributed by atoms with Gasteiger partial charge < -0.3 is 13.6 Å². The first-order chi connectivity index (χ1) is 13.0. The zero-order valence-electron chi connectivity index (χ0n) is 20.1. The zero-order chi connectivity index (χ0) is 22.3. The number of benzene rings is 1. The lowest BCUT2D eigenvalue weighted by Crippen LogP contribution is -2.48. The fraction of sp³-hybridized carbons (Fsp3) is 0.739. The van der Waals surface area contributed by atoms with Crippen LogP contribution in [0.2, 0.25) is 36.3 Å². The van der Waals surface area contributed by atoms with Crippen LogP contribution in [0.3, 0.4) is 0 Å². The molecule has 1 aliphatic rings. The zero-order valence-corrected chi connectivity index (χ0v) is 23.6. The van der Waals surface area contributed by atoms with Gasteiger partial charge in [0.1, 0.15) is 6.10 Å². The first-order valence-corrected chi connectivity index (χ1v) is 17.4. The molecule has 0 unspecified atom stereocenters. The summed E-state index contributed by atoms with van der Waals surface area (Å²) in [6, 6.07) is 8.47. The van der Waals surface area contributed by atoms with Gasteiger partial charge in [-0.1, -0.05) is 69.6 Å². The SMILES string of the molecule is CC(C)(C)[Si](C)(C)OC[C@H]1O[C@@H](c2ccc(Br)cc2)C[C@H]1O[Si](C)(C)C(C)(C)C. The van der Waals surface area contributed by atoms with Crippen LogP contribution in [0, 0.1) is 0 Å². The predicted molar refractivity (Wildman–Crippen MR) is 132 cm³/mol. The second-order valence-corrected chi connectivity index (χ2v) is 21.9. The highest BCUT2D eigenvalue weighted by atomic mass is 79.9. The van der Waals surface area contributed by atoms with Gasteiger partial charge in [0.05, 0.1) is 18.8 Å². The Morgan fingerprint density at radius 1 is 0.931 bits per heavy atom. The molecule has 1 aromatic rings. The number of rotatable bonds is 6. The smallest absolute Gasteiger partial charge is 0.192 e. The van der Waals surface area contributed by atoms with E-state index in [9.17, 15) is 0 Å². The predicted octanol–water partition coefficient (Wildman–Crippen LogP) is 7.69. The molecule has 166 valence electrons. The van der Waals surface area contributed by atoms with Crippen molar-refractivity contribution in [3.05, 3.63) is 34.3 Å². The molecule has 2 rings (SSSR count). The summed E-state index contributed by atoms with van der Waals surface area (Å²) >= 11 is 3.53. The van der Waals surface area contributed by atoms with Gasteiger partial charge in [0.25, 0.3) is 0 Å². The highest BCUT2D eigenvalue weighted by molar-refractivity contribution is 9.10. The number of ether oxygens (including phenoxy) is 1. The van der Waals surface area contributed by atoms with E-state index < -0.39 is 16.6 Å². The first-order valence-electron chi connectivity index (χ1n) is 10.8. The first kappa shape index (κ1) is 25.3. The molecule has 1 heterocycles. The summed E-state index contributed by atoms with van der Waals surface area (Å²) in [7, 11) is -3.73. The van der Waals surface area contributed by atoms with E-state index in [1.807, 2.05) is 0 Å². The summed E-state index contributed by atoms with van der Waals surface area (Å²) in [6.07, 6.45) is 1.01. The second-order valence-electron chi connectivity index (χ2n) is 11.4. The Bertz CT molecular complexity index is 675. The fourth-order valence-electron chi connectivity index (χ4n) is 2.94. The van der Waals surface area contributed by atoms with Crippen molar-refractivity contribution in [1.82, 2.24) is 0 Å². The van der Waals surface area contributed by atoms with Crippen LogP contribution in [-0.4, -0.2) is 35.4 Å². The Labute approximate surface area is 189 Å². The molecule has 1 aliphatic heterocycles. The highest BCUT2D eigenvalue weighted by Gasteiger charge is 2.46. The van der Waals surface area contributed by atoms with E-state index in [0.717, 1.165) is 10.9 Å². The van der Waals surface area contributed by atoms with Crippen molar-refractivity contribution in [3.8, 4) is 0 Å². The molecule has 6 heteroatoms. The fourth-order valence-corrected chi connectivity index (χ4v) is 5.58. The quantitative estimate of drug-likeness (QED) is 0.374. The number of hydrogen-bond acceptors (Lipinski definition) is 3. The van der Waals surface area contributed by atoms with Crippen molar-refractivity contribution in [2.45, 2.75) is 103 Å². The Kier molecular flexibility index (Phi) is 7.73. The van der Waals surface area contributed by atoms with Crippen molar-refractivity contribution in [1.29, 1.82) is 0 Å². The van der Waals surface area contributed by atoms with Crippen LogP contribution in [-0.2, 0) is 13.6 Å². The van der Waals surface area contributed by atoms with Gasteiger partial charge >= 0.3 is 0 Å². The molecule has 0 spiro atoms. The van der Waals surface area contributed by atoms with Gasteiger partial charge in [0, 0.05) is 10.9 Å². The van der Waals surface area contributed by atoms with Gasteiger partial charge in [0.2, 0.25) is 0 Å². The summed E-state index contributed by atoms with van der Waals surface area (Å²) in [4.78, 5) is 0. The molecule has 0 aromatic heterocycles. The van der Waals surface area contributed by atoms with Crippen molar-refractivity contribution in [2.24, 2.45) is 0 Å². The summed E-state index contributed by atoms with van der Waals surface area (Å²) in [5.74, 6) is 0. The average molecular weight is 502 g/mol. The van der Waals surface area contributed by atoms with Gasteiger partial charge in [-0.2, -0.15) is 0 Å². The summed E-state index contributed by atoms with van der Waals surface area (Å²) < 4.78 is 21.0. The normalized spacial score (nSPS) is 24.2. The molecule has 0 N–H and O–H groups in total. The molecule has 1 aromatic carbocycles. The monoisotopic (exact) mass is 500 g/mol. The van der Waals surface area contributed by atoms with Gasteiger partial charge in [-0.15, -0.1) is 0 Å². The van der Waals surface area contributed by atoms with Crippen LogP contribution >= 0.6 is 15.9 Å². The average Bonchev–Trinajstić information content (AvgIpc) is 2.93. The molecule has 1 fully saturated rings. The molecule has 0 aliphatic carbocycles. The second kappa shape index (κ2) is 8.87. The molecule has 0 bridgehead atoms. The number of hydrogen-bond donors (Lipinski definition) is 0. The third kappa shape index (κ3) is 6.26. The van der Waals surface area contributed by atoms with Crippen LogP contribution in [0.25, 0.3) is 0 Å². The molecule has 0 amide bonds. The lowest BCUT2D eigenvalue weighted by Gasteiger charge is -2.40. The maximum absolute atomic E-state index is 6.84. The van der Waals surface area contributed by atoms with E-state index in [2.05, 4.69) is 108 Å². The van der Waals surface area contributed by atoms with Gasteiger partial charge in [-0.25, -0.2) is 0 Å². The van der Waals surface area contributed by atoms with Gasteiger partial charge in [-0.05, 0) is 54.0 Å². The number of halogens is 1. The molecular weight excluding hydrogens is 460 g/mol. The Balaban J connectivity index is 2.20. The van der Waals surface area contributed by atoms with Crippen molar-refractivity contribution >= 4 is 32.6 Å². The summed E-state index contributed by atoms with van der Waals surface area (Å²) in [6.45, 7) is 23.6. The topological polar surface area (TPSA) is 27.7 Å². The maximum atomic E-state index is 6.84. The maximum Gasteiger partial charge on any atom is 0.192 e. The minimum atomic E-state index is -1.89. The molecule has 3 nitrogen and oxygen atoms in total. The minimum absolute atomic E-state index is 0.0214. The summed E-state index contributed by atoms with van der Waals surface area (Å²) in [5, 5.41) is 0.361.